The van der Waals surface area contributed by atoms with Crippen molar-refractivity contribution in [3.8, 4) is 11.5 Å². The monoisotopic (exact) mass is 439 g/mol. The van der Waals surface area contributed by atoms with E-state index in [4.69, 9.17) is 13.9 Å². The van der Waals surface area contributed by atoms with Gasteiger partial charge in [0, 0.05) is 29.1 Å². The number of para-hydroxylation sites is 1. The van der Waals surface area contributed by atoms with Gasteiger partial charge in [-0.3, -0.25) is 4.79 Å². The van der Waals surface area contributed by atoms with E-state index in [2.05, 4.69) is 12.1 Å². The van der Waals surface area contributed by atoms with Crippen LogP contribution < -0.4 is 15.1 Å². The maximum Gasteiger partial charge on any atom is 0.349 e. The van der Waals surface area contributed by atoms with Gasteiger partial charge >= 0.3 is 5.63 Å². The number of rotatable bonds is 6. The van der Waals surface area contributed by atoms with E-state index in [1.165, 1.54) is 12.0 Å². The lowest BCUT2D eigenvalue weighted by Gasteiger charge is -2.31. The zero-order valence-electron chi connectivity index (χ0n) is 17.6. The van der Waals surface area contributed by atoms with Crippen molar-refractivity contribution < 1.29 is 18.7 Å². The van der Waals surface area contributed by atoms with Gasteiger partial charge in [-0.2, -0.15) is 0 Å². The molecule has 1 amide bonds. The van der Waals surface area contributed by atoms with Gasteiger partial charge in [0.15, 0.2) is 11.3 Å². The Bertz CT molecular complexity index is 1120. The molecule has 162 valence electrons. The van der Waals surface area contributed by atoms with E-state index in [-0.39, 0.29) is 11.5 Å². The number of likely N-dealkylation sites (tertiary alicyclic amines) is 1. The SMILES string of the molecule is COc1ccc(SCC2CCN(C(=O)c3cc4cccc(OC)c4oc3=O)CC2)cc1. The van der Waals surface area contributed by atoms with Gasteiger partial charge in [0.05, 0.1) is 14.2 Å². The predicted molar refractivity (Wildman–Crippen MR) is 121 cm³/mol. The number of methoxy groups -OCH3 is 2. The largest absolute Gasteiger partial charge is 0.497 e. The van der Waals surface area contributed by atoms with Gasteiger partial charge in [0.2, 0.25) is 0 Å². The number of benzene rings is 2. The summed E-state index contributed by atoms with van der Waals surface area (Å²) in [5, 5.41) is 0.674. The van der Waals surface area contributed by atoms with Crippen LogP contribution in [0.4, 0.5) is 0 Å². The van der Waals surface area contributed by atoms with E-state index < -0.39 is 5.63 Å². The minimum absolute atomic E-state index is 0.0758. The fraction of sp³-hybridized carbons (Fsp3) is 0.333. The van der Waals surface area contributed by atoms with Crippen molar-refractivity contribution in [2.45, 2.75) is 17.7 Å². The van der Waals surface area contributed by atoms with Gasteiger partial charge in [0.1, 0.15) is 11.3 Å². The molecular weight excluding hydrogens is 414 g/mol. The quantitative estimate of drug-likeness (QED) is 0.417. The third kappa shape index (κ3) is 4.71. The Morgan fingerprint density at radius 2 is 1.84 bits per heavy atom. The number of thioether (sulfide) groups is 1. The zero-order chi connectivity index (χ0) is 21.8. The lowest BCUT2D eigenvalue weighted by Crippen LogP contribution is -2.40. The molecule has 1 aliphatic rings. The second-order valence-electron chi connectivity index (χ2n) is 7.55. The summed E-state index contributed by atoms with van der Waals surface area (Å²) in [7, 11) is 3.18. The van der Waals surface area contributed by atoms with E-state index in [9.17, 15) is 9.59 Å². The van der Waals surface area contributed by atoms with Crippen molar-refractivity contribution in [2.24, 2.45) is 5.92 Å². The Hall–Kier alpha value is -2.93. The van der Waals surface area contributed by atoms with Crippen LogP contribution in [0.2, 0.25) is 0 Å². The average molecular weight is 440 g/mol. The first-order chi connectivity index (χ1) is 15.1. The molecule has 1 saturated heterocycles. The summed E-state index contributed by atoms with van der Waals surface area (Å²) in [5.41, 5.74) is -0.188. The molecule has 4 rings (SSSR count). The first kappa shape index (κ1) is 21.3. The first-order valence-electron chi connectivity index (χ1n) is 10.3. The number of carbonyl (C=O) groups excluding carboxylic acids is 1. The summed E-state index contributed by atoms with van der Waals surface area (Å²) in [6.45, 7) is 1.28. The van der Waals surface area contributed by atoms with Crippen LogP contribution in [0, 0.1) is 5.92 Å². The summed E-state index contributed by atoms with van der Waals surface area (Å²) in [6, 6.07) is 15.0. The Labute approximate surface area is 185 Å². The summed E-state index contributed by atoms with van der Waals surface area (Å²) in [5.74, 6) is 2.61. The van der Waals surface area contributed by atoms with Crippen LogP contribution in [-0.2, 0) is 0 Å². The fourth-order valence-corrected chi connectivity index (χ4v) is 4.88. The van der Waals surface area contributed by atoms with Gasteiger partial charge in [-0.1, -0.05) is 12.1 Å². The molecule has 0 N–H and O–H groups in total. The van der Waals surface area contributed by atoms with Crippen LogP contribution in [0.5, 0.6) is 11.5 Å². The standard InChI is InChI=1S/C24H25NO5S/c1-28-18-6-8-19(9-7-18)31-15-16-10-12-25(13-11-16)23(26)20-14-17-4-3-5-21(29-2)22(17)30-24(20)27/h3-9,14,16H,10-13,15H2,1-2H3. The highest BCUT2D eigenvalue weighted by Crippen LogP contribution is 2.29. The summed E-state index contributed by atoms with van der Waals surface area (Å²) >= 11 is 1.82. The van der Waals surface area contributed by atoms with Crippen molar-refractivity contribution in [3.05, 3.63) is 64.5 Å². The highest BCUT2D eigenvalue weighted by Gasteiger charge is 2.26. The van der Waals surface area contributed by atoms with Crippen LogP contribution in [-0.4, -0.2) is 43.9 Å². The second kappa shape index (κ2) is 9.47. The van der Waals surface area contributed by atoms with Crippen molar-refractivity contribution in [1.82, 2.24) is 4.90 Å². The van der Waals surface area contributed by atoms with Crippen LogP contribution >= 0.6 is 11.8 Å². The number of carbonyl (C=O) groups is 1. The third-order valence-electron chi connectivity index (χ3n) is 5.62. The van der Waals surface area contributed by atoms with Gasteiger partial charge in [-0.05, 0) is 55.2 Å². The fourth-order valence-electron chi connectivity index (χ4n) is 3.79. The van der Waals surface area contributed by atoms with Gasteiger partial charge < -0.3 is 18.8 Å². The predicted octanol–water partition coefficient (Wildman–Crippen LogP) is 4.45. The van der Waals surface area contributed by atoms with E-state index in [0.717, 1.165) is 24.3 Å². The molecule has 1 aliphatic heterocycles. The summed E-state index contributed by atoms with van der Waals surface area (Å²) in [4.78, 5) is 28.4. The molecule has 7 heteroatoms. The number of ether oxygens (including phenoxy) is 2. The minimum atomic E-state index is -0.626. The van der Waals surface area contributed by atoms with E-state index in [1.807, 2.05) is 23.9 Å². The maximum absolute atomic E-state index is 13.0. The molecule has 31 heavy (non-hydrogen) atoms. The molecule has 0 atom stereocenters. The second-order valence-corrected chi connectivity index (χ2v) is 8.64. The van der Waals surface area contributed by atoms with Crippen LogP contribution in [0.15, 0.2) is 62.6 Å². The lowest BCUT2D eigenvalue weighted by atomic mass is 9.98. The Kier molecular flexibility index (Phi) is 6.51. The molecule has 2 heterocycles. The normalized spacial score (nSPS) is 14.6. The molecule has 0 saturated carbocycles. The van der Waals surface area contributed by atoms with Crippen molar-refractivity contribution in [1.29, 1.82) is 0 Å². The molecule has 6 nitrogen and oxygen atoms in total. The molecule has 0 spiro atoms. The minimum Gasteiger partial charge on any atom is -0.497 e. The molecule has 0 radical (unpaired) electrons. The molecule has 0 unspecified atom stereocenters. The molecule has 2 aromatic carbocycles. The topological polar surface area (TPSA) is 69.0 Å². The van der Waals surface area contributed by atoms with Gasteiger partial charge in [0.25, 0.3) is 5.91 Å². The summed E-state index contributed by atoms with van der Waals surface area (Å²) in [6.07, 6.45) is 1.84. The lowest BCUT2D eigenvalue weighted by molar-refractivity contribution is 0.0694. The Morgan fingerprint density at radius 3 is 2.52 bits per heavy atom. The molecule has 0 aliphatic carbocycles. The first-order valence-corrected chi connectivity index (χ1v) is 11.2. The summed E-state index contributed by atoms with van der Waals surface area (Å²) < 4.78 is 15.8. The number of piperidine rings is 1. The molecule has 1 fully saturated rings. The van der Waals surface area contributed by atoms with Gasteiger partial charge in [-0.15, -0.1) is 11.8 Å². The average Bonchev–Trinajstić information content (AvgIpc) is 2.82. The van der Waals surface area contributed by atoms with E-state index in [0.29, 0.717) is 35.7 Å². The molecule has 3 aromatic rings. The third-order valence-corrected chi connectivity index (χ3v) is 6.86. The number of hydrogen-bond acceptors (Lipinski definition) is 6. The van der Waals surface area contributed by atoms with Crippen LogP contribution in [0.3, 0.4) is 0 Å². The highest BCUT2D eigenvalue weighted by molar-refractivity contribution is 7.99. The Balaban J connectivity index is 1.37. The number of amides is 1. The molecular formula is C24H25NO5S. The number of fused-ring (bicyclic) bond motifs is 1. The number of hydrogen-bond donors (Lipinski definition) is 0. The Morgan fingerprint density at radius 1 is 1.10 bits per heavy atom. The maximum atomic E-state index is 13.0. The van der Waals surface area contributed by atoms with Crippen molar-refractivity contribution >= 4 is 28.6 Å². The van der Waals surface area contributed by atoms with Crippen LogP contribution in [0.25, 0.3) is 11.0 Å². The number of nitrogens with zero attached hydrogens (tertiary/aromatic N) is 1. The van der Waals surface area contributed by atoms with E-state index in [1.54, 1.807) is 36.3 Å². The van der Waals surface area contributed by atoms with Crippen molar-refractivity contribution in [3.63, 3.8) is 0 Å². The van der Waals surface area contributed by atoms with E-state index >= 15 is 0 Å². The molecule has 0 bridgehead atoms. The van der Waals surface area contributed by atoms with Gasteiger partial charge in [-0.25, -0.2) is 4.79 Å². The highest BCUT2D eigenvalue weighted by atomic mass is 32.2. The molecule has 1 aromatic heterocycles. The smallest absolute Gasteiger partial charge is 0.349 e. The van der Waals surface area contributed by atoms with Crippen molar-refractivity contribution in [2.75, 3.05) is 33.1 Å². The zero-order valence-corrected chi connectivity index (χ0v) is 18.4. The van der Waals surface area contributed by atoms with Crippen LogP contribution in [0.1, 0.15) is 23.2 Å².